The van der Waals surface area contributed by atoms with Gasteiger partial charge in [0.1, 0.15) is 0 Å². The van der Waals surface area contributed by atoms with E-state index in [4.69, 9.17) is 0 Å². The lowest BCUT2D eigenvalue weighted by molar-refractivity contribution is 0.0592. The van der Waals surface area contributed by atoms with Crippen molar-refractivity contribution in [1.82, 2.24) is 15.5 Å². The van der Waals surface area contributed by atoms with E-state index in [1.54, 1.807) is 0 Å². The minimum atomic E-state index is -0.387. The SMILES string of the molecule is COC(=O)c1n[nH]c2c1CNC2(C)C. The number of nitrogens with zero attached hydrogens (tertiary/aromatic N) is 1. The third-order valence-electron chi connectivity index (χ3n) is 2.58. The Morgan fingerprint density at radius 1 is 1.57 bits per heavy atom. The van der Waals surface area contributed by atoms with Gasteiger partial charge >= 0.3 is 5.97 Å². The molecule has 0 radical (unpaired) electrons. The maximum atomic E-state index is 11.3. The van der Waals surface area contributed by atoms with Gasteiger partial charge in [0.05, 0.1) is 18.3 Å². The number of aromatic amines is 1. The van der Waals surface area contributed by atoms with Crippen LogP contribution < -0.4 is 5.32 Å². The number of hydrogen-bond acceptors (Lipinski definition) is 4. The highest BCUT2D eigenvalue weighted by atomic mass is 16.5. The number of carbonyl (C=O) groups is 1. The lowest BCUT2D eigenvalue weighted by Crippen LogP contribution is -2.29. The monoisotopic (exact) mass is 195 g/mol. The van der Waals surface area contributed by atoms with Crippen LogP contribution in [-0.4, -0.2) is 23.3 Å². The third-order valence-corrected chi connectivity index (χ3v) is 2.58. The molecular formula is C9H13N3O2. The number of nitrogens with one attached hydrogen (secondary N) is 2. The molecule has 5 nitrogen and oxygen atoms in total. The summed E-state index contributed by atoms with van der Waals surface area (Å²) in [6.07, 6.45) is 0. The van der Waals surface area contributed by atoms with Gasteiger partial charge in [-0.2, -0.15) is 5.10 Å². The zero-order valence-electron chi connectivity index (χ0n) is 8.47. The van der Waals surface area contributed by atoms with Crippen LogP contribution in [0.3, 0.4) is 0 Å². The number of aromatic nitrogens is 2. The van der Waals surface area contributed by atoms with Gasteiger partial charge in [-0.3, -0.25) is 5.10 Å². The lowest BCUT2D eigenvalue weighted by atomic mass is 10.0. The molecule has 1 aliphatic rings. The van der Waals surface area contributed by atoms with Crippen molar-refractivity contribution in [1.29, 1.82) is 0 Å². The summed E-state index contributed by atoms with van der Waals surface area (Å²) >= 11 is 0. The van der Waals surface area contributed by atoms with E-state index in [2.05, 4.69) is 20.3 Å². The lowest BCUT2D eigenvalue weighted by Gasteiger charge is -2.17. The quantitative estimate of drug-likeness (QED) is 0.642. The standard InChI is InChI=1S/C9H13N3O2/c1-9(2)7-5(4-10-9)6(11-12-7)8(13)14-3/h10H,4H2,1-3H3,(H,11,12). The first-order valence-corrected chi connectivity index (χ1v) is 4.47. The van der Waals surface area contributed by atoms with Gasteiger partial charge in [0, 0.05) is 12.1 Å². The van der Waals surface area contributed by atoms with Gasteiger partial charge in [-0.1, -0.05) is 0 Å². The molecule has 14 heavy (non-hydrogen) atoms. The molecule has 0 saturated carbocycles. The fourth-order valence-electron chi connectivity index (χ4n) is 1.72. The molecule has 2 N–H and O–H groups in total. The Morgan fingerprint density at radius 2 is 2.29 bits per heavy atom. The molecule has 76 valence electrons. The molecule has 0 saturated heterocycles. The molecule has 2 rings (SSSR count). The zero-order valence-corrected chi connectivity index (χ0v) is 8.47. The van der Waals surface area contributed by atoms with E-state index in [1.807, 2.05) is 13.8 Å². The molecule has 1 aliphatic heterocycles. The maximum Gasteiger partial charge on any atom is 0.358 e. The average molecular weight is 195 g/mol. The number of carbonyl (C=O) groups excluding carboxylic acids is 1. The normalized spacial score (nSPS) is 17.9. The second kappa shape index (κ2) is 2.81. The maximum absolute atomic E-state index is 11.3. The molecule has 0 aromatic carbocycles. The summed E-state index contributed by atoms with van der Waals surface area (Å²) in [5.41, 5.74) is 2.13. The predicted octanol–water partition coefficient (Wildman–Crippen LogP) is 0.535. The molecule has 0 fully saturated rings. The van der Waals surface area contributed by atoms with Gasteiger partial charge in [0.25, 0.3) is 0 Å². The highest BCUT2D eigenvalue weighted by Crippen LogP contribution is 2.30. The second-order valence-electron chi connectivity index (χ2n) is 3.90. The van der Waals surface area contributed by atoms with Crippen LogP contribution >= 0.6 is 0 Å². The third kappa shape index (κ3) is 1.13. The Labute approximate surface area is 81.8 Å². The molecule has 0 aliphatic carbocycles. The summed E-state index contributed by atoms with van der Waals surface area (Å²) in [4.78, 5) is 11.3. The van der Waals surface area contributed by atoms with E-state index in [1.165, 1.54) is 7.11 Å². The minimum Gasteiger partial charge on any atom is -0.464 e. The van der Waals surface area contributed by atoms with Gasteiger partial charge in [0.2, 0.25) is 0 Å². The van der Waals surface area contributed by atoms with Gasteiger partial charge in [-0.15, -0.1) is 0 Å². The average Bonchev–Trinajstić information content (AvgIpc) is 2.67. The number of esters is 1. The van der Waals surface area contributed by atoms with Crippen LogP contribution in [0.4, 0.5) is 0 Å². The summed E-state index contributed by atoms with van der Waals surface area (Å²) < 4.78 is 4.64. The van der Waals surface area contributed by atoms with Crippen molar-refractivity contribution in [3.05, 3.63) is 17.0 Å². The van der Waals surface area contributed by atoms with E-state index in [-0.39, 0.29) is 11.5 Å². The molecule has 5 heteroatoms. The minimum absolute atomic E-state index is 0.144. The largest absolute Gasteiger partial charge is 0.464 e. The second-order valence-corrected chi connectivity index (χ2v) is 3.90. The van der Waals surface area contributed by atoms with E-state index in [0.717, 1.165) is 11.3 Å². The van der Waals surface area contributed by atoms with E-state index >= 15 is 0 Å². The molecule has 2 heterocycles. The van der Waals surface area contributed by atoms with Crippen LogP contribution in [0.2, 0.25) is 0 Å². The Balaban J connectivity index is 2.45. The summed E-state index contributed by atoms with van der Waals surface area (Å²) in [6, 6.07) is 0. The topological polar surface area (TPSA) is 67.0 Å². The number of H-pyrrole nitrogens is 1. The van der Waals surface area contributed by atoms with Crippen molar-refractivity contribution in [3.63, 3.8) is 0 Å². The fourth-order valence-corrected chi connectivity index (χ4v) is 1.72. The summed E-state index contributed by atoms with van der Waals surface area (Å²) in [5.74, 6) is -0.387. The molecule has 0 spiro atoms. The van der Waals surface area contributed by atoms with Crippen LogP contribution in [0.1, 0.15) is 35.6 Å². The van der Waals surface area contributed by atoms with Gasteiger partial charge in [-0.25, -0.2) is 4.79 Å². The Morgan fingerprint density at radius 3 is 2.93 bits per heavy atom. The smallest absolute Gasteiger partial charge is 0.358 e. The predicted molar refractivity (Wildman–Crippen MR) is 49.8 cm³/mol. The number of fused-ring (bicyclic) bond motifs is 1. The summed E-state index contributed by atoms with van der Waals surface area (Å²) in [7, 11) is 1.36. The Kier molecular flexibility index (Phi) is 1.85. The highest BCUT2D eigenvalue weighted by molar-refractivity contribution is 5.89. The molecule has 0 atom stereocenters. The highest BCUT2D eigenvalue weighted by Gasteiger charge is 2.35. The number of ether oxygens (including phenoxy) is 1. The Bertz CT molecular complexity index is 381. The summed E-state index contributed by atoms with van der Waals surface area (Å²) in [5, 5.41) is 10.1. The van der Waals surface area contributed by atoms with Crippen LogP contribution in [-0.2, 0) is 16.8 Å². The number of rotatable bonds is 1. The van der Waals surface area contributed by atoms with Crippen LogP contribution in [0, 0.1) is 0 Å². The fraction of sp³-hybridized carbons (Fsp3) is 0.556. The van der Waals surface area contributed by atoms with Crippen LogP contribution in [0.15, 0.2) is 0 Å². The van der Waals surface area contributed by atoms with Crippen LogP contribution in [0.25, 0.3) is 0 Å². The van der Waals surface area contributed by atoms with Crippen molar-refractivity contribution in [2.75, 3.05) is 7.11 Å². The number of hydrogen-bond donors (Lipinski definition) is 2. The zero-order chi connectivity index (χ0) is 10.3. The van der Waals surface area contributed by atoms with Crippen molar-refractivity contribution in [2.45, 2.75) is 25.9 Å². The van der Waals surface area contributed by atoms with Crippen LogP contribution in [0.5, 0.6) is 0 Å². The molecular weight excluding hydrogens is 182 g/mol. The molecule has 0 unspecified atom stereocenters. The Hall–Kier alpha value is -1.36. The molecule has 1 aromatic heterocycles. The van der Waals surface area contributed by atoms with E-state index in [9.17, 15) is 4.79 Å². The van der Waals surface area contributed by atoms with Gasteiger partial charge in [0.15, 0.2) is 5.69 Å². The molecule has 1 aromatic rings. The van der Waals surface area contributed by atoms with Gasteiger partial charge < -0.3 is 10.1 Å². The van der Waals surface area contributed by atoms with Gasteiger partial charge in [-0.05, 0) is 13.8 Å². The van der Waals surface area contributed by atoms with Crippen molar-refractivity contribution >= 4 is 5.97 Å². The molecule has 0 amide bonds. The first-order valence-electron chi connectivity index (χ1n) is 4.47. The van der Waals surface area contributed by atoms with E-state index < -0.39 is 0 Å². The summed E-state index contributed by atoms with van der Waals surface area (Å²) in [6.45, 7) is 4.74. The van der Waals surface area contributed by atoms with Crippen molar-refractivity contribution in [2.24, 2.45) is 0 Å². The van der Waals surface area contributed by atoms with Crippen molar-refractivity contribution < 1.29 is 9.53 Å². The number of methoxy groups -OCH3 is 1. The van der Waals surface area contributed by atoms with E-state index in [0.29, 0.717) is 12.2 Å². The first-order chi connectivity index (χ1) is 6.56. The first kappa shape index (κ1) is 9.21. The van der Waals surface area contributed by atoms with Crippen molar-refractivity contribution in [3.8, 4) is 0 Å². The molecule has 0 bridgehead atoms.